The molecule has 1 fully saturated rings. The summed E-state index contributed by atoms with van der Waals surface area (Å²) < 4.78 is 30.3. The van der Waals surface area contributed by atoms with E-state index in [1.54, 1.807) is 23.6 Å². The molecule has 0 aromatic heterocycles. The van der Waals surface area contributed by atoms with E-state index in [2.05, 4.69) is 4.72 Å². The Kier molecular flexibility index (Phi) is 7.77. The van der Waals surface area contributed by atoms with E-state index in [-0.39, 0.29) is 30.3 Å². The summed E-state index contributed by atoms with van der Waals surface area (Å²) in [6.45, 7) is 6.76. The second kappa shape index (κ2) is 9.07. The molecular weight excluding hydrogens is 322 g/mol. The van der Waals surface area contributed by atoms with Crippen molar-refractivity contribution >= 4 is 22.0 Å². The number of nitrogens with zero attached hydrogens (tertiary/aromatic N) is 2. The van der Waals surface area contributed by atoms with Gasteiger partial charge < -0.3 is 14.5 Å². The van der Waals surface area contributed by atoms with Crippen LogP contribution in [-0.4, -0.2) is 74.8 Å². The zero-order valence-electron chi connectivity index (χ0n) is 14.1. The van der Waals surface area contributed by atoms with Crippen molar-refractivity contribution in [3.8, 4) is 0 Å². The third-order valence-corrected chi connectivity index (χ3v) is 5.29. The molecule has 0 radical (unpaired) electrons. The Morgan fingerprint density at radius 1 is 1.26 bits per heavy atom. The molecular formula is C14H27N3O5S. The maximum absolute atomic E-state index is 11.8. The molecule has 1 heterocycles. The van der Waals surface area contributed by atoms with E-state index in [9.17, 15) is 18.0 Å². The van der Waals surface area contributed by atoms with E-state index in [0.29, 0.717) is 39.1 Å². The first-order valence-corrected chi connectivity index (χ1v) is 9.62. The highest BCUT2D eigenvalue weighted by molar-refractivity contribution is 7.89. The van der Waals surface area contributed by atoms with Gasteiger partial charge in [-0.15, -0.1) is 0 Å². The molecule has 0 bridgehead atoms. The highest BCUT2D eigenvalue weighted by Gasteiger charge is 2.28. The van der Waals surface area contributed by atoms with Crippen LogP contribution in [0.1, 0.15) is 33.6 Å². The molecule has 0 aromatic carbocycles. The van der Waals surface area contributed by atoms with Gasteiger partial charge in [0.25, 0.3) is 0 Å². The van der Waals surface area contributed by atoms with Gasteiger partial charge in [0, 0.05) is 39.1 Å². The van der Waals surface area contributed by atoms with Crippen molar-refractivity contribution in [1.82, 2.24) is 14.5 Å². The number of carbonyl (C=O) groups excluding carboxylic acids is 2. The van der Waals surface area contributed by atoms with Crippen molar-refractivity contribution < 1.29 is 22.7 Å². The summed E-state index contributed by atoms with van der Waals surface area (Å²) in [5, 5.41) is 0. The van der Waals surface area contributed by atoms with Crippen molar-refractivity contribution in [3.05, 3.63) is 0 Å². The quantitative estimate of drug-likeness (QED) is 0.717. The Morgan fingerprint density at radius 2 is 1.87 bits per heavy atom. The summed E-state index contributed by atoms with van der Waals surface area (Å²) in [6.07, 6.45) is 1.01. The fourth-order valence-corrected chi connectivity index (χ4v) is 3.20. The van der Waals surface area contributed by atoms with Gasteiger partial charge >= 0.3 is 6.09 Å². The molecule has 1 rings (SSSR count). The zero-order valence-corrected chi connectivity index (χ0v) is 14.9. The number of likely N-dealkylation sites (tertiary alicyclic amines) is 1. The van der Waals surface area contributed by atoms with Gasteiger partial charge in [-0.2, -0.15) is 0 Å². The molecule has 0 atom stereocenters. The Hall–Kier alpha value is -1.35. The Bertz CT molecular complexity index is 501. The van der Waals surface area contributed by atoms with Gasteiger partial charge in [-0.05, 0) is 26.7 Å². The molecule has 0 unspecified atom stereocenters. The Labute approximate surface area is 138 Å². The molecule has 2 amide bonds. The summed E-state index contributed by atoms with van der Waals surface area (Å²) in [6, 6.07) is 0.0179. The van der Waals surface area contributed by atoms with Crippen LogP contribution in [-0.2, 0) is 19.6 Å². The van der Waals surface area contributed by atoms with Crippen LogP contribution >= 0.6 is 0 Å². The number of sulfonamides is 1. The standard InChI is InChI=1S/C14H27N3O5S/c1-4-22-14(19)16-9-6-13(7-10-16)17(12(3)18)11-8-15-23(20,21)5-2/h13,15H,4-11H2,1-3H3. The zero-order chi connectivity index (χ0) is 17.5. The van der Waals surface area contributed by atoms with E-state index in [4.69, 9.17) is 4.74 Å². The molecule has 0 saturated carbocycles. The molecule has 1 saturated heterocycles. The van der Waals surface area contributed by atoms with Crippen LogP contribution in [0.25, 0.3) is 0 Å². The molecule has 0 aromatic rings. The molecule has 23 heavy (non-hydrogen) atoms. The fourth-order valence-electron chi connectivity index (χ4n) is 2.60. The van der Waals surface area contributed by atoms with E-state index in [1.807, 2.05) is 0 Å². The maximum Gasteiger partial charge on any atom is 0.409 e. The average Bonchev–Trinajstić information content (AvgIpc) is 2.51. The minimum Gasteiger partial charge on any atom is -0.450 e. The normalized spacial score (nSPS) is 16.2. The number of piperidine rings is 1. The van der Waals surface area contributed by atoms with Crippen LogP contribution in [0.5, 0.6) is 0 Å². The second-order valence-corrected chi connectivity index (χ2v) is 7.52. The van der Waals surface area contributed by atoms with E-state index < -0.39 is 10.0 Å². The van der Waals surface area contributed by atoms with E-state index >= 15 is 0 Å². The SMILES string of the molecule is CCOC(=O)N1CCC(N(CCNS(=O)(=O)CC)C(C)=O)CC1. The highest BCUT2D eigenvalue weighted by atomic mass is 32.2. The first-order valence-electron chi connectivity index (χ1n) is 7.97. The van der Waals surface area contributed by atoms with Crippen LogP contribution in [0.2, 0.25) is 0 Å². The third kappa shape index (κ3) is 6.34. The lowest BCUT2D eigenvalue weighted by Crippen LogP contribution is -2.50. The summed E-state index contributed by atoms with van der Waals surface area (Å²) in [7, 11) is -3.26. The van der Waals surface area contributed by atoms with Crippen LogP contribution < -0.4 is 4.72 Å². The number of ether oxygens (including phenoxy) is 1. The van der Waals surface area contributed by atoms with Crippen molar-refractivity contribution in [2.24, 2.45) is 0 Å². The largest absolute Gasteiger partial charge is 0.450 e. The number of rotatable bonds is 7. The second-order valence-electron chi connectivity index (χ2n) is 5.43. The van der Waals surface area contributed by atoms with Crippen LogP contribution in [0.4, 0.5) is 4.79 Å². The highest BCUT2D eigenvalue weighted by Crippen LogP contribution is 2.17. The number of amides is 2. The lowest BCUT2D eigenvalue weighted by atomic mass is 10.0. The van der Waals surface area contributed by atoms with Gasteiger partial charge in [-0.25, -0.2) is 17.9 Å². The van der Waals surface area contributed by atoms with Crippen molar-refractivity contribution in [2.75, 3.05) is 38.5 Å². The van der Waals surface area contributed by atoms with Gasteiger partial charge in [0.05, 0.1) is 12.4 Å². The number of hydrogen-bond donors (Lipinski definition) is 1. The van der Waals surface area contributed by atoms with Gasteiger partial charge in [0.2, 0.25) is 15.9 Å². The molecule has 134 valence electrons. The summed E-state index contributed by atoms with van der Waals surface area (Å²) in [5.41, 5.74) is 0. The smallest absolute Gasteiger partial charge is 0.409 e. The summed E-state index contributed by atoms with van der Waals surface area (Å²) in [5.74, 6) is -0.0689. The molecule has 1 aliphatic rings. The fraction of sp³-hybridized carbons (Fsp3) is 0.857. The number of nitrogens with one attached hydrogen (secondary N) is 1. The van der Waals surface area contributed by atoms with Crippen LogP contribution in [0.3, 0.4) is 0 Å². The van der Waals surface area contributed by atoms with Crippen LogP contribution in [0, 0.1) is 0 Å². The molecule has 8 nitrogen and oxygen atoms in total. The van der Waals surface area contributed by atoms with Crippen molar-refractivity contribution in [2.45, 2.75) is 39.7 Å². The lowest BCUT2D eigenvalue weighted by Gasteiger charge is -2.37. The van der Waals surface area contributed by atoms with Gasteiger partial charge in [0.1, 0.15) is 0 Å². The summed E-state index contributed by atoms with van der Waals surface area (Å²) >= 11 is 0. The lowest BCUT2D eigenvalue weighted by molar-refractivity contribution is -0.131. The topological polar surface area (TPSA) is 96.0 Å². The van der Waals surface area contributed by atoms with E-state index in [1.165, 1.54) is 6.92 Å². The maximum atomic E-state index is 11.8. The molecule has 9 heteroatoms. The number of carbonyl (C=O) groups is 2. The number of hydrogen-bond acceptors (Lipinski definition) is 5. The van der Waals surface area contributed by atoms with Crippen molar-refractivity contribution in [1.29, 1.82) is 0 Å². The van der Waals surface area contributed by atoms with Gasteiger partial charge in [-0.3, -0.25) is 4.79 Å². The average molecular weight is 349 g/mol. The van der Waals surface area contributed by atoms with Crippen molar-refractivity contribution in [3.63, 3.8) is 0 Å². The first kappa shape index (κ1) is 19.7. The van der Waals surface area contributed by atoms with Crippen LogP contribution in [0.15, 0.2) is 0 Å². The Morgan fingerprint density at radius 3 is 2.35 bits per heavy atom. The third-order valence-electron chi connectivity index (χ3n) is 3.89. The molecule has 0 spiro atoms. The molecule has 1 aliphatic heterocycles. The monoisotopic (exact) mass is 349 g/mol. The summed E-state index contributed by atoms with van der Waals surface area (Å²) in [4.78, 5) is 26.8. The van der Waals surface area contributed by atoms with Gasteiger partial charge in [0.15, 0.2) is 0 Å². The molecule has 1 N–H and O–H groups in total. The predicted molar refractivity (Wildman–Crippen MR) is 86.5 cm³/mol. The first-order chi connectivity index (χ1) is 10.8. The minimum atomic E-state index is -3.26. The van der Waals surface area contributed by atoms with E-state index in [0.717, 1.165) is 0 Å². The predicted octanol–water partition coefficient (Wildman–Crippen LogP) is 0.395. The Balaban J connectivity index is 2.50. The molecule has 0 aliphatic carbocycles. The minimum absolute atomic E-state index is 0.0179. The van der Waals surface area contributed by atoms with Gasteiger partial charge in [-0.1, -0.05) is 0 Å².